The molecule has 0 bridgehead atoms. The lowest BCUT2D eigenvalue weighted by molar-refractivity contribution is 0.170. The summed E-state index contributed by atoms with van der Waals surface area (Å²) >= 11 is 11.7. The average molecular weight is 257 g/mol. The Morgan fingerprint density at radius 3 is 2.62 bits per heavy atom. The number of aliphatic hydroxyl groups excluding tert-OH is 1. The van der Waals surface area contributed by atoms with Gasteiger partial charge < -0.3 is 9.52 Å². The summed E-state index contributed by atoms with van der Waals surface area (Å²) in [5.74, 6) is 0.735. The number of hydrogen-bond acceptors (Lipinski definition) is 2. The van der Waals surface area contributed by atoms with Crippen LogP contribution >= 0.6 is 23.2 Å². The van der Waals surface area contributed by atoms with E-state index in [0.29, 0.717) is 16.5 Å². The van der Waals surface area contributed by atoms with Crippen molar-refractivity contribution < 1.29 is 9.52 Å². The van der Waals surface area contributed by atoms with Crippen LogP contribution in [0.1, 0.15) is 17.4 Å². The number of hydrogen-bond donors (Lipinski definition) is 1. The second-order valence-electron chi connectivity index (χ2n) is 3.47. The van der Waals surface area contributed by atoms with E-state index >= 15 is 0 Å². The van der Waals surface area contributed by atoms with Crippen LogP contribution in [-0.2, 0) is 6.42 Å². The van der Waals surface area contributed by atoms with Crippen molar-refractivity contribution in [3.63, 3.8) is 0 Å². The van der Waals surface area contributed by atoms with Crippen LogP contribution in [0.15, 0.2) is 41.0 Å². The van der Waals surface area contributed by atoms with Crippen molar-refractivity contribution >= 4 is 23.2 Å². The number of rotatable bonds is 3. The molecular formula is C12H10Cl2O2. The first-order valence-corrected chi connectivity index (χ1v) is 5.58. The lowest BCUT2D eigenvalue weighted by Gasteiger charge is -2.10. The first-order valence-electron chi connectivity index (χ1n) is 4.82. The third-order valence-corrected chi connectivity index (χ3v) is 3.04. The van der Waals surface area contributed by atoms with Crippen LogP contribution in [0, 0.1) is 0 Å². The highest BCUT2D eigenvalue weighted by molar-refractivity contribution is 6.42. The van der Waals surface area contributed by atoms with Gasteiger partial charge >= 0.3 is 0 Å². The number of aliphatic hydroxyl groups is 1. The van der Waals surface area contributed by atoms with E-state index in [-0.39, 0.29) is 0 Å². The molecule has 1 heterocycles. The van der Waals surface area contributed by atoms with Crippen molar-refractivity contribution in [1.82, 2.24) is 0 Å². The van der Waals surface area contributed by atoms with Crippen molar-refractivity contribution in [2.75, 3.05) is 0 Å². The third kappa shape index (κ3) is 2.59. The minimum atomic E-state index is -0.638. The van der Waals surface area contributed by atoms with Gasteiger partial charge in [0.1, 0.15) is 5.76 Å². The Morgan fingerprint density at radius 2 is 2.00 bits per heavy atom. The Kier molecular flexibility index (Phi) is 3.54. The van der Waals surface area contributed by atoms with Crippen LogP contribution in [0.25, 0.3) is 0 Å². The predicted molar refractivity (Wildman–Crippen MR) is 63.8 cm³/mol. The lowest BCUT2D eigenvalue weighted by atomic mass is 10.1. The molecular weight excluding hydrogens is 247 g/mol. The van der Waals surface area contributed by atoms with E-state index in [9.17, 15) is 5.11 Å². The van der Waals surface area contributed by atoms with E-state index in [2.05, 4.69) is 0 Å². The fourth-order valence-corrected chi connectivity index (χ4v) is 1.76. The quantitative estimate of drug-likeness (QED) is 0.905. The van der Waals surface area contributed by atoms with E-state index in [0.717, 1.165) is 11.3 Å². The van der Waals surface area contributed by atoms with E-state index in [4.69, 9.17) is 27.6 Å². The zero-order valence-electron chi connectivity index (χ0n) is 8.36. The molecule has 0 radical (unpaired) electrons. The zero-order chi connectivity index (χ0) is 11.5. The molecule has 1 aromatic carbocycles. The first-order chi connectivity index (χ1) is 7.66. The van der Waals surface area contributed by atoms with Gasteiger partial charge in [-0.25, -0.2) is 0 Å². The smallest absolute Gasteiger partial charge is 0.106 e. The highest BCUT2D eigenvalue weighted by Crippen LogP contribution is 2.27. The number of benzene rings is 1. The standard InChI is InChI=1S/C12H10Cl2O2/c13-10-4-3-8(6-11(10)14)12(15)7-9-2-1-5-16-9/h1-6,12,15H,7H2. The predicted octanol–water partition coefficient (Wildman–Crippen LogP) is 3.86. The van der Waals surface area contributed by atoms with E-state index in [1.54, 1.807) is 30.5 Å². The molecule has 0 saturated carbocycles. The maximum absolute atomic E-state index is 9.95. The van der Waals surface area contributed by atoms with Crippen LogP contribution in [0.2, 0.25) is 10.0 Å². The average Bonchev–Trinajstić information content (AvgIpc) is 2.74. The molecule has 84 valence electrons. The summed E-state index contributed by atoms with van der Waals surface area (Å²) in [6.45, 7) is 0. The van der Waals surface area contributed by atoms with Crippen molar-refractivity contribution in [1.29, 1.82) is 0 Å². The van der Waals surface area contributed by atoms with Gasteiger partial charge in [0.15, 0.2) is 0 Å². The second-order valence-corrected chi connectivity index (χ2v) is 4.29. The van der Waals surface area contributed by atoms with Crippen molar-refractivity contribution in [3.8, 4) is 0 Å². The molecule has 2 aromatic rings. The summed E-state index contributed by atoms with van der Waals surface area (Å²) in [6.07, 6.45) is 1.36. The summed E-state index contributed by atoms with van der Waals surface area (Å²) in [5.41, 5.74) is 0.728. The van der Waals surface area contributed by atoms with Crippen molar-refractivity contribution in [2.24, 2.45) is 0 Å². The summed E-state index contributed by atoms with van der Waals surface area (Å²) in [5, 5.41) is 10.9. The maximum atomic E-state index is 9.95. The molecule has 0 fully saturated rings. The minimum Gasteiger partial charge on any atom is -0.469 e. The van der Waals surface area contributed by atoms with E-state index < -0.39 is 6.10 Å². The summed E-state index contributed by atoms with van der Waals surface area (Å²) < 4.78 is 5.16. The first kappa shape index (κ1) is 11.5. The van der Waals surface area contributed by atoms with Crippen LogP contribution in [0.5, 0.6) is 0 Å². The molecule has 1 unspecified atom stereocenters. The highest BCUT2D eigenvalue weighted by Gasteiger charge is 2.11. The van der Waals surface area contributed by atoms with Gasteiger partial charge in [-0.1, -0.05) is 29.3 Å². The van der Waals surface area contributed by atoms with Crippen molar-refractivity contribution in [3.05, 3.63) is 58.0 Å². The van der Waals surface area contributed by atoms with Crippen LogP contribution in [0.3, 0.4) is 0 Å². The molecule has 1 aromatic heterocycles. The monoisotopic (exact) mass is 256 g/mol. The molecule has 0 aliphatic carbocycles. The molecule has 2 rings (SSSR count). The third-order valence-electron chi connectivity index (χ3n) is 2.30. The van der Waals surface area contributed by atoms with E-state index in [1.165, 1.54) is 0 Å². The summed E-state index contributed by atoms with van der Waals surface area (Å²) in [7, 11) is 0. The molecule has 0 aliphatic rings. The van der Waals surface area contributed by atoms with Crippen LogP contribution < -0.4 is 0 Å². The van der Waals surface area contributed by atoms with Gasteiger partial charge in [0.05, 0.1) is 22.4 Å². The largest absolute Gasteiger partial charge is 0.469 e. The Hall–Kier alpha value is -0.960. The molecule has 16 heavy (non-hydrogen) atoms. The van der Waals surface area contributed by atoms with Gasteiger partial charge in [-0.3, -0.25) is 0 Å². The molecule has 0 aliphatic heterocycles. The molecule has 1 atom stereocenters. The molecule has 1 N–H and O–H groups in total. The van der Waals surface area contributed by atoms with Gasteiger partial charge in [0.2, 0.25) is 0 Å². The Labute approximate surface area is 103 Å². The van der Waals surface area contributed by atoms with Crippen LogP contribution in [-0.4, -0.2) is 5.11 Å². The lowest BCUT2D eigenvalue weighted by Crippen LogP contribution is -2.00. The van der Waals surface area contributed by atoms with Crippen molar-refractivity contribution in [2.45, 2.75) is 12.5 Å². The summed E-state index contributed by atoms with van der Waals surface area (Å²) in [4.78, 5) is 0. The van der Waals surface area contributed by atoms with E-state index in [1.807, 2.05) is 6.07 Å². The highest BCUT2D eigenvalue weighted by atomic mass is 35.5. The van der Waals surface area contributed by atoms with Gasteiger partial charge in [-0.2, -0.15) is 0 Å². The van der Waals surface area contributed by atoms with Gasteiger partial charge in [-0.15, -0.1) is 0 Å². The fourth-order valence-electron chi connectivity index (χ4n) is 1.46. The molecule has 4 heteroatoms. The van der Waals surface area contributed by atoms with Gasteiger partial charge in [0.25, 0.3) is 0 Å². The summed E-state index contributed by atoms with van der Waals surface area (Å²) in [6, 6.07) is 8.70. The molecule has 0 amide bonds. The Bertz CT molecular complexity index is 466. The molecule has 0 spiro atoms. The fraction of sp³-hybridized carbons (Fsp3) is 0.167. The molecule has 0 saturated heterocycles. The SMILES string of the molecule is OC(Cc1ccco1)c1ccc(Cl)c(Cl)c1. The Balaban J connectivity index is 2.14. The van der Waals surface area contributed by atoms with Gasteiger partial charge in [0, 0.05) is 6.42 Å². The topological polar surface area (TPSA) is 33.4 Å². The Morgan fingerprint density at radius 1 is 1.19 bits per heavy atom. The number of halogens is 2. The normalized spacial score (nSPS) is 12.7. The zero-order valence-corrected chi connectivity index (χ0v) is 9.87. The molecule has 2 nitrogen and oxygen atoms in total. The second kappa shape index (κ2) is 4.91. The maximum Gasteiger partial charge on any atom is 0.106 e. The minimum absolute atomic E-state index is 0.422. The van der Waals surface area contributed by atoms with Crippen LogP contribution in [0.4, 0.5) is 0 Å². The number of furan rings is 1. The van der Waals surface area contributed by atoms with Gasteiger partial charge in [-0.05, 0) is 29.8 Å².